The van der Waals surface area contributed by atoms with E-state index in [9.17, 15) is 9.59 Å². The molecule has 0 atom stereocenters. The lowest BCUT2D eigenvalue weighted by Gasteiger charge is -2.19. The van der Waals surface area contributed by atoms with E-state index < -0.39 is 0 Å². The van der Waals surface area contributed by atoms with Gasteiger partial charge in [-0.05, 0) is 25.6 Å². The number of hydrogen-bond donors (Lipinski definition) is 1. The van der Waals surface area contributed by atoms with E-state index in [4.69, 9.17) is 4.74 Å². The van der Waals surface area contributed by atoms with E-state index in [1.165, 1.54) is 17.4 Å². The molecule has 0 spiro atoms. The van der Waals surface area contributed by atoms with Crippen LogP contribution in [0.25, 0.3) is 4.96 Å². The Morgan fingerprint density at radius 3 is 2.89 bits per heavy atom. The van der Waals surface area contributed by atoms with Gasteiger partial charge in [-0.1, -0.05) is 19.1 Å². The molecule has 2 heterocycles. The highest BCUT2D eigenvalue weighted by molar-refractivity contribution is 7.15. The van der Waals surface area contributed by atoms with Crippen molar-refractivity contribution >= 4 is 27.9 Å². The van der Waals surface area contributed by atoms with Crippen molar-refractivity contribution in [2.75, 3.05) is 25.5 Å². The Morgan fingerprint density at radius 1 is 1.37 bits per heavy atom. The highest BCUT2D eigenvalue weighted by atomic mass is 32.1. The van der Waals surface area contributed by atoms with E-state index >= 15 is 0 Å². The van der Waals surface area contributed by atoms with Crippen LogP contribution in [0.4, 0.5) is 5.69 Å². The maximum Gasteiger partial charge on any atom is 0.259 e. The monoisotopic (exact) mass is 386 g/mol. The number of carbonyl (C=O) groups excluding carboxylic acids is 1. The average molecular weight is 386 g/mol. The molecule has 8 heteroatoms. The number of para-hydroxylation sites is 2. The smallest absolute Gasteiger partial charge is 0.259 e. The first-order chi connectivity index (χ1) is 13.0. The molecule has 142 valence electrons. The summed E-state index contributed by atoms with van der Waals surface area (Å²) in [5.74, 6) is 0.466. The van der Waals surface area contributed by atoms with Crippen LogP contribution in [-0.2, 0) is 11.3 Å². The van der Waals surface area contributed by atoms with Crippen LogP contribution in [0.15, 0.2) is 40.5 Å². The minimum absolute atomic E-state index is 0.0942. The number of ether oxygens (including phenoxy) is 1. The number of methoxy groups -OCH3 is 1. The first-order valence-electron chi connectivity index (χ1n) is 8.63. The molecule has 3 aromatic rings. The first-order valence-corrected chi connectivity index (χ1v) is 9.51. The quantitative estimate of drug-likeness (QED) is 0.675. The molecule has 0 radical (unpaired) electrons. The second kappa shape index (κ2) is 8.32. The molecule has 0 aliphatic heterocycles. The second-order valence-corrected chi connectivity index (χ2v) is 6.97. The number of rotatable bonds is 7. The molecule has 2 aromatic heterocycles. The van der Waals surface area contributed by atoms with Gasteiger partial charge >= 0.3 is 0 Å². The van der Waals surface area contributed by atoms with Gasteiger partial charge in [-0.2, -0.15) is 0 Å². The van der Waals surface area contributed by atoms with Gasteiger partial charge in [0.2, 0.25) is 5.91 Å². The maximum atomic E-state index is 12.4. The minimum Gasteiger partial charge on any atom is -0.495 e. The lowest BCUT2D eigenvalue weighted by atomic mass is 10.3. The van der Waals surface area contributed by atoms with Crippen LogP contribution in [0.2, 0.25) is 0 Å². The summed E-state index contributed by atoms with van der Waals surface area (Å²) in [5, 5.41) is 4.78. The van der Waals surface area contributed by atoms with Gasteiger partial charge < -0.3 is 10.1 Å². The Balaban J connectivity index is 1.70. The molecule has 0 saturated carbocycles. The normalized spacial score (nSPS) is 11.1. The third kappa shape index (κ3) is 4.35. The van der Waals surface area contributed by atoms with E-state index in [0.29, 0.717) is 35.2 Å². The predicted octanol–water partition coefficient (Wildman–Crippen LogP) is 2.53. The Kier molecular flexibility index (Phi) is 5.88. The third-order valence-electron chi connectivity index (χ3n) is 4.21. The Morgan fingerprint density at radius 2 is 2.15 bits per heavy atom. The van der Waals surface area contributed by atoms with Crippen molar-refractivity contribution in [2.45, 2.75) is 20.4 Å². The molecule has 0 aliphatic carbocycles. The van der Waals surface area contributed by atoms with Crippen molar-refractivity contribution in [1.82, 2.24) is 14.3 Å². The van der Waals surface area contributed by atoms with Crippen LogP contribution in [-0.4, -0.2) is 40.4 Å². The highest BCUT2D eigenvalue weighted by Crippen LogP contribution is 2.22. The molecule has 0 saturated heterocycles. The SMILES string of the molecule is CCN(CC(=O)Nc1ccccc1OC)Cc1cc(=O)n2c(C)csc2n1. The molecule has 0 aliphatic rings. The van der Waals surface area contributed by atoms with Crippen LogP contribution in [0, 0.1) is 6.92 Å². The predicted molar refractivity (Wildman–Crippen MR) is 107 cm³/mol. The lowest BCUT2D eigenvalue weighted by molar-refractivity contribution is -0.117. The molecule has 0 unspecified atom stereocenters. The van der Waals surface area contributed by atoms with Gasteiger partial charge in [0.05, 0.1) is 25.0 Å². The molecule has 0 fully saturated rings. The van der Waals surface area contributed by atoms with Crippen molar-refractivity contribution < 1.29 is 9.53 Å². The molecule has 1 amide bonds. The van der Waals surface area contributed by atoms with E-state index in [0.717, 1.165) is 5.69 Å². The van der Waals surface area contributed by atoms with Crippen LogP contribution < -0.4 is 15.6 Å². The number of amides is 1. The van der Waals surface area contributed by atoms with Gasteiger partial charge in [-0.25, -0.2) is 4.98 Å². The van der Waals surface area contributed by atoms with Gasteiger partial charge in [0.15, 0.2) is 4.96 Å². The molecule has 7 nitrogen and oxygen atoms in total. The zero-order chi connectivity index (χ0) is 19.4. The van der Waals surface area contributed by atoms with Gasteiger partial charge in [-0.15, -0.1) is 11.3 Å². The summed E-state index contributed by atoms with van der Waals surface area (Å²) in [5.41, 5.74) is 2.08. The fraction of sp³-hybridized carbons (Fsp3) is 0.316. The number of carbonyl (C=O) groups is 1. The number of nitrogens with one attached hydrogen (secondary N) is 1. The average Bonchev–Trinajstić information content (AvgIpc) is 3.02. The number of aryl methyl sites for hydroxylation is 1. The highest BCUT2D eigenvalue weighted by Gasteiger charge is 2.14. The van der Waals surface area contributed by atoms with Crippen LogP contribution in [0.5, 0.6) is 5.75 Å². The zero-order valence-corrected chi connectivity index (χ0v) is 16.4. The first kappa shape index (κ1) is 19.1. The molecule has 27 heavy (non-hydrogen) atoms. The molecular weight excluding hydrogens is 364 g/mol. The number of fused-ring (bicyclic) bond motifs is 1. The van der Waals surface area contributed by atoms with Crippen LogP contribution in [0.3, 0.4) is 0 Å². The summed E-state index contributed by atoms with van der Waals surface area (Å²) < 4.78 is 6.85. The standard InChI is InChI=1S/C19H22N4O3S/c1-4-22(11-17(24)21-15-7-5-6-8-16(15)26-3)10-14-9-18(25)23-13(2)12-27-19(23)20-14/h5-9,12H,4,10-11H2,1-3H3,(H,21,24). The number of thiazole rings is 1. The fourth-order valence-electron chi connectivity index (χ4n) is 2.83. The fourth-order valence-corrected chi connectivity index (χ4v) is 3.72. The maximum absolute atomic E-state index is 12.4. The summed E-state index contributed by atoms with van der Waals surface area (Å²) >= 11 is 1.44. The van der Waals surface area contributed by atoms with Gasteiger partial charge in [0.1, 0.15) is 5.75 Å². The van der Waals surface area contributed by atoms with Crippen molar-refractivity contribution in [2.24, 2.45) is 0 Å². The van der Waals surface area contributed by atoms with Gasteiger partial charge in [-0.3, -0.25) is 18.9 Å². The number of hydrogen-bond acceptors (Lipinski definition) is 6. The summed E-state index contributed by atoms with van der Waals surface area (Å²) in [4.78, 5) is 31.9. The van der Waals surface area contributed by atoms with E-state index in [-0.39, 0.29) is 18.0 Å². The largest absolute Gasteiger partial charge is 0.495 e. The Labute approximate surface area is 161 Å². The molecule has 3 rings (SSSR count). The van der Waals surface area contributed by atoms with Gasteiger partial charge in [0.25, 0.3) is 5.56 Å². The molecule has 0 bridgehead atoms. The summed E-state index contributed by atoms with van der Waals surface area (Å²) in [6.07, 6.45) is 0. The Bertz CT molecular complexity index is 1010. The van der Waals surface area contributed by atoms with Crippen LogP contribution >= 0.6 is 11.3 Å². The zero-order valence-electron chi connectivity index (χ0n) is 15.6. The number of likely N-dealkylation sites (N-methyl/N-ethyl adjacent to an activating group) is 1. The summed E-state index contributed by atoms with van der Waals surface area (Å²) in [6, 6.07) is 8.81. The number of aromatic nitrogens is 2. The molecular formula is C19H22N4O3S. The van der Waals surface area contributed by atoms with E-state index in [1.54, 1.807) is 23.6 Å². The van der Waals surface area contributed by atoms with Crippen molar-refractivity contribution in [1.29, 1.82) is 0 Å². The van der Waals surface area contributed by atoms with E-state index in [1.807, 2.05) is 36.3 Å². The Hall–Kier alpha value is -2.71. The molecule has 1 aromatic carbocycles. The van der Waals surface area contributed by atoms with Crippen molar-refractivity contribution in [3.8, 4) is 5.75 Å². The summed E-state index contributed by atoms with van der Waals surface area (Å²) in [7, 11) is 1.57. The second-order valence-electron chi connectivity index (χ2n) is 6.13. The van der Waals surface area contributed by atoms with Gasteiger partial charge in [0, 0.05) is 23.7 Å². The minimum atomic E-state index is -0.147. The number of nitrogens with zero attached hydrogens (tertiary/aromatic N) is 3. The number of anilines is 1. The topological polar surface area (TPSA) is 75.9 Å². The third-order valence-corrected chi connectivity index (χ3v) is 5.15. The van der Waals surface area contributed by atoms with Crippen molar-refractivity contribution in [3.63, 3.8) is 0 Å². The lowest BCUT2D eigenvalue weighted by Crippen LogP contribution is -2.33. The van der Waals surface area contributed by atoms with E-state index in [2.05, 4.69) is 10.3 Å². The molecule has 1 N–H and O–H groups in total. The number of benzene rings is 1. The van der Waals surface area contributed by atoms with Crippen molar-refractivity contribution in [3.05, 3.63) is 57.5 Å². The summed E-state index contributed by atoms with van der Waals surface area (Å²) in [6.45, 7) is 5.13. The van der Waals surface area contributed by atoms with Crippen LogP contribution in [0.1, 0.15) is 18.3 Å².